The van der Waals surface area contributed by atoms with E-state index in [0.29, 0.717) is 24.5 Å². The Kier molecular flexibility index (Phi) is 4.98. The zero-order chi connectivity index (χ0) is 15.2. The van der Waals surface area contributed by atoms with Gasteiger partial charge in [-0.3, -0.25) is 9.48 Å². The van der Waals surface area contributed by atoms with Gasteiger partial charge in [-0.1, -0.05) is 31.5 Å². The molecule has 0 fully saturated rings. The summed E-state index contributed by atoms with van der Waals surface area (Å²) >= 11 is 0. The molecular weight excluding hydrogens is 264 g/mol. The van der Waals surface area contributed by atoms with Crippen LogP contribution >= 0.6 is 0 Å². The summed E-state index contributed by atoms with van der Waals surface area (Å²) in [6, 6.07) is 9.65. The first-order chi connectivity index (χ1) is 10.2. The van der Waals surface area contributed by atoms with Crippen LogP contribution < -0.4 is 10.6 Å². The van der Waals surface area contributed by atoms with Crippen LogP contribution in [0.3, 0.4) is 0 Å². The lowest BCUT2D eigenvalue weighted by Crippen LogP contribution is -2.32. The van der Waals surface area contributed by atoms with Crippen LogP contribution in [0.5, 0.6) is 0 Å². The summed E-state index contributed by atoms with van der Waals surface area (Å²) in [5.74, 6) is -0.139. The lowest BCUT2D eigenvalue weighted by atomic mass is 10.2. The molecule has 0 aliphatic heterocycles. The quantitative estimate of drug-likeness (QED) is 0.888. The molecule has 2 rings (SSSR count). The summed E-state index contributed by atoms with van der Waals surface area (Å²) < 4.78 is 1.69. The van der Waals surface area contributed by atoms with Gasteiger partial charge >= 0.3 is 0 Å². The van der Waals surface area contributed by atoms with E-state index in [2.05, 4.69) is 12.0 Å². The molecular formula is C16H22N4O. The van der Waals surface area contributed by atoms with Crippen molar-refractivity contribution in [3.05, 3.63) is 42.2 Å². The average Bonchev–Trinajstić information content (AvgIpc) is 2.89. The van der Waals surface area contributed by atoms with Crippen LogP contribution in [0.15, 0.2) is 36.5 Å². The fourth-order valence-electron chi connectivity index (χ4n) is 2.16. The van der Waals surface area contributed by atoms with Crippen LogP contribution in [0.1, 0.15) is 37.2 Å². The molecule has 5 nitrogen and oxygen atoms in total. The average molecular weight is 286 g/mol. The Labute approximate surface area is 125 Å². The number of nitrogen functional groups attached to an aromatic ring is 1. The van der Waals surface area contributed by atoms with E-state index in [-0.39, 0.29) is 5.91 Å². The summed E-state index contributed by atoms with van der Waals surface area (Å²) in [4.78, 5) is 14.5. The van der Waals surface area contributed by atoms with Gasteiger partial charge in [0.25, 0.3) is 5.91 Å². The van der Waals surface area contributed by atoms with E-state index in [1.807, 2.05) is 37.3 Å². The lowest BCUT2D eigenvalue weighted by molar-refractivity contribution is 0.0982. The Hall–Kier alpha value is -2.30. The van der Waals surface area contributed by atoms with Crippen LogP contribution in [-0.4, -0.2) is 22.2 Å². The van der Waals surface area contributed by atoms with E-state index < -0.39 is 0 Å². The number of aryl methyl sites for hydroxylation is 1. The van der Waals surface area contributed by atoms with Crippen molar-refractivity contribution < 1.29 is 4.79 Å². The van der Waals surface area contributed by atoms with Gasteiger partial charge in [-0.25, -0.2) is 0 Å². The molecule has 21 heavy (non-hydrogen) atoms. The van der Waals surface area contributed by atoms with E-state index in [0.717, 1.165) is 18.5 Å². The minimum absolute atomic E-state index is 0.139. The summed E-state index contributed by atoms with van der Waals surface area (Å²) in [6.45, 7) is 5.43. The minimum Gasteiger partial charge on any atom is -0.396 e. The number of hydrogen-bond acceptors (Lipinski definition) is 3. The number of rotatable bonds is 6. The monoisotopic (exact) mass is 286 g/mol. The van der Waals surface area contributed by atoms with Crippen molar-refractivity contribution in [3.63, 3.8) is 0 Å². The van der Waals surface area contributed by atoms with Crippen LogP contribution in [0, 0.1) is 0 Å². The fraction of sp³-hybridized carbons (Fsp3) is 0.375. The van der Waals surface area contributed by atoms with Crippen molar-refractivity contribution in [3.8, 4) is 0 Å². The maximum absolute atomic E-state index is 12.8. The third-order valence-electron chi connectivity index (χ3n) is 3.36. The molecule has 0 bridgehead atoms. The van der Waals surface area contributed by atoms with Gasteiger partial charge in [0.1, 0.15) is 0 Å². The van der Waals surface area contributed by atoms with E-state index in [1.54, 1.807) is 15.8 Å². The van der Waals surface area contributed by atoms with Gasteiger partial charge in [-0.05, 0) is 25.5 Å². The van der Waals surface area contributed by atoms with Gasteiger partial charge in [0.05, 0.1) is 5.69 Å². The zero-order valence-electron chi connectivity index (χ0n) is 12.6. The normalized spacial score (nSPS) is 10.6. The van der Waals surface area contributed by atoms with E-state index in [9.17, 15) is 4.79 Å². The second kappa shape index (κ2) is 6.92. The highest BCUT2D eigenvalue weighted by atomic mass is 16.2. The van der Waals surface area contributed by atoms with E-state index >= 15 is 0 Å². The molecule has 0 saturated carbocycles. The molecule has 2 N–H and O–H groups in total. The number of benzene rings is 1. The van der Waals surface area contributed by atoms with E-state index in [4.69, 9.17) is 5.73 Å². The molecule has 0 aliphatic carbocycles. The number of para-hydroxylation sites is 1. The minimum atomic E-state index is -0.139. The number of hydrogen-bond donors (Lipinski definition) is 1. The number of anilines is 2. The molecule has 0 aliphatic rings. The van der Waals surface area contributed by atoms with Crippen LogP contribution in [-0.2, 0) is 6.54 Å². The van der Waals surface area contributed by atoms with Crippen LogP contribution in [0.25, 0.3) is 0 Å². The maximum atomic E-state index is 12.8. The summed E-state index contributed by atoms with van der Waals surface area (Å²) in [7, 11) is 0. The standard InChI is InChI=1S/C16H22N4O/c1-3-5-11-20(13-9-7-6-8-10-13)16(21)15-14(17)12-19(4-2)18-15/h6-10,12H,3-5,11,17H2,1-2H3. The van der Waals surface area contributed by atoms with Gasteiger partial charge in [-0.2, -0.15) is 5.10 Å². The Morgan fingerprint density at radius 2 is 2.00 bits per heavy atom. The molecule has 0 saturated heterocycles. The third-order valence-corrected chi connectivity index (χ3v) is 3.36. The first-order valence-electron chi connectivity index (χ1n) is 7.37. The molecule has 1 heterocycles. The van der Waals surface area contributed by atoms with Gasteiger partial charge < -0.3 is 10.6 Å². The number of carbonyl (C=O) groups excluding carboxylic acids is 1. The van der Waals surface area contributed by atoms with Crippen molar-refractivity contribution in [2.75, 3.05) is 17.2 Å². The Morgan fingerprint density at radius 3 is 2.57 bits per heavy atom. The summed E-state index contributed by atoms with van der Waals surface area (Å²) in [5, 5.41) is 4.28. The van der Waals surface area contributed by atoms with Gasteiger partial charge in [-0.15, -0.1) is 0 Å². The third kappa shape index (κ3) is 3.42. The first-order valence-corrected chi connectivity index (χ1v) is 7.37. The number of amides is 1. The highest BCUT2D eigenvalue weighted by Crippen LogP contribution is 2.20. The predicted molar refractivity (Wildman–Crippen MR) is 85.3 cm³/mol. The second-order valence-electron chi connectivity index (χ2n) is 4.93. The SMILES string of the molecule is CCCCN(C(=O)c1nn(CC)cc1N)c1ccccc1. The van der Waals surface area contributed by atoms with Gasteiger partial charge in [0.15, 0.2) is 5.69 Å². The van der Waals surface area contributed by atoms with Crippen molar-refractivity contribution in [1.29, 1.82) is 0 Å². The summed E-state index contributed by atoms with van der Waals surface area (Å²) in [5.41, 5.74) is 7.57. The molecule has 0 radical (unpaired) electrons. The second-order valence-corrected chi connectivity index (χ2v) is 4.93. The zero-order valence-corrected chi connectivity index (χ0v) is 12.6. The number of nitrogens with zero attached hydrogens (tertiary/aromatic N) is 3. The molecule has 1 aromatic heterocycles. The van der Waals surface area contributed by atoms with Gasteiger partial charge in [0, 0.05) is 25.0 Å². The highest BCUT2D eigenvalue weighted by molar-refractivity contribution is 6.07. The van der Waals surface area contributed by atoms with E-state index in [1.165, 1.54) is 0 Å². The Bertz CT molecular complexity index is 592. The molecule has 1 amide bonds. The first kappa shape index (κ1) is 15.1. The molecule has 0 unspecified atom stereocenters. The molecule has 0 atom stereocenters. The number of nitrogens with two attached hydrogens (primary N) is 1. The van der Waals surface area contributed by atoms with Crippen LogP contribution in [0.2, 0.25) is 0 Å². The largest absolute Gasteiger partial charge is 0.396 e. The smallest absolute Gasteiger partial charge is 0.280 e. The maximum Gasteiger partial charge on any atom is 0.280 e. The highest BCUT2D eigenvalue weighted by Gasteiger charge is 2.22. The number of unbranched alkanes of at least 4 members (excludes halogenated alkanes) is 1. The van der Waals surface area contributed by atoms with Crippen molar-refractivity contribution in [1.82, 2.24) is 9.78 Å². The Balaban J connectivity index is 2.31. The number of aromatic nitrogens is 2. The van der Waals surface area contributed by atoms with Crippen molar-refractivity contribution >= 4 is 17.3 Å². The Morgan fingerprint density at radius 1 is 1.29 bits per heavy atom. The lowest BCUT2D eigenvalue weighted by Gasteiger charge is -2.22. The molecule has 2 aromatic rings. The van der Waals surface area contributed by atoms with Crippen LogP contribution in [0.4, 0.5) is 11.4 Å². The predicted octanol–water partition coefficient (Wildman–Crippen LogP) is 2.93. The molecule has 0 spiro atoms. The molecule has 1 aromatic carbocycles. The summed E-state index contributed by atoms with van der Waals surface area (Å²) in [6.07, 6.45) is 3.67. The molecule has 5 heteroatoms. The number of carbonyl (C=O) groups is 1. The van der Waals surface area contributed by atoms with Gasteiger partial charge in [0.2, 0.25) is 0 Å². The topological polar surface area (TPSA) is 64.2 Å². The fourth-order valence-corrected chi connectivity index (χ4v) is 2.16. The molecule has 112 valence electrons. The van der Waals surface area contributed by atoms with Crippen molar-refractivity contribution in [2.45, 2.75) is 33.2 Å². The van der Waals surface area contributed by atoms with Crippen molar-refractivity contribution in [2.24, 2.45) is 0 Å².